The Morgan fingerprint density at radius 3 is 1.61 bits per heavy atom. The van der Waals surface area contributed by atoms with Crippen LogP contribution in [-0.4, -0.2) is 124 Å². The molecule has 7 heteroatoms. The summed E-state index contributed by atoms with van der Waals surface area (Å²) in [7, 11) is 2.18. The van der Waals surface area contributed by atoms with Gasteiger partial charge in [0.05, 0.1) is 13.2 Å². The molecular weight excluding hydrogens is 525 g/mol. The maximum atomic E-state index is 8.99. The van der Waals surface area contributed by atoms with Crippen molar-refractivity contribution in [3.8, 4) is 0 Å². The molecule has 3 saturated heterocycles. The Morgan fingerprint density at radius 1 is 0.694 bits per heavy atom. The van der Waals surface area contributed by atoms with E-state index in [2.05, 4.69) is 33.6 Å². The first-order valence-electron chi connectivity index (χ1n) is 15.2. The monoisotopic (exact) mass is 587 g/mol. The van der Waals surface area contributed by atoms with E-state index in [1.165, 1.54) is 110 Å². The summed E-state index contributed by atoms with van der Waals surface area (Å²) in [5.41, 5.74) is 0. The number of likely N-dealkylation sites (tertiary alicyclic amines) is 2. The summed E-state index contributed by atoms with van der Waals surface area (Å²) in [5, 5.41) is 8.99. The van der Waals surface area contributed by atoms with Crippen LogP contribution < -0.4 is 0 Å². The Hall–Kier alpha value is 0.864. The molecule has 0 aromatic rings. The van der Waals surface area contributed by atoms with E-state index >= 15 is 0 Å². The van der Waals surface area contributed by atoms with Crippen LogP contribution in [0.5, 0.6) is 0 Å². The number of hydrogen-bond donors (Lipinski definition) is 1. The van der Waals surface area contributed by atoms with Crippen molar-refractivity contribution >= 4 is 0 Å². The minimum absolute atomic E-state index is 0. The smallest absolute Gasteiger partial charge is 0.0593 e. The van der Waals surface area contributed by atoms with Crippen molar-refractivity contribution in [2.24, 2.45) is 11.8 Å². The quantitative estimate of drug-likeness (QED) is 0.344. The number of rotatable bonds is 12. The van der Waals surface area contributed by atoms with Gasteiger partial charge in [0.15, 0.2) is 0 Å². The molecular formula is C29H62N4O2Y. The van der Waals surface area contributed by atoms with Gasteiger partial charge in [0.1, 0.15) is 0 Å². The van der Waals surface area contributed by atoms with Crippen molar-refractivity contribution in [1.82, 2.24) is 19.6 Å². The van der Waals surface area contributed by atoms with Crippen LogP contribution in [0.1, 0.15) is 79.1 Å². The Morgan fingerprint density at radius 2 is 1.17 bits per heavy atom. The normalized spacial score (nSPS) is 21.2. The molecule has 0 spiro atoms. The fourth-order valence-corrected chi connectivity index (χ4v) is 5.40. The molecule has 36 heavy (non-hydrogen) atoms. The zero-order chi connectivity index (χ0) is 25.7. The Kier molecular flexibility index (Phi) is 25.5. The number of β-amino-alcohol motifs (C(OH)–C–C–N with tert-alkyl or cyclic N) is 1. The number of hydrogen-bond acceptors (Lipinski definition) is 6. The minimum atomic E-state index is 0. The van der Waals surface area contributed by atoms with Crippen LogP contribution in [0.25, 0.3) is 0 Å². The Bertz CT molecular complexity index is 451. The molecule has 0 saturated carbocycles. The van der Waals surface area contributed by atoms with Gasteiger partial charge in [-0.25, -0.2) is 0 Å². The minimum Gasteiger partial charge on any atom is -0.395 e. The van der Waals surface area contributed by atoms with E-state index in [4.69, 9.17) is 9.84 Å². The molecule has 6 nitrogen and oxygen atoms in total. The zero-order valence-electron chi connectivity index (χ0n) is 24.9. The van der Waals surface area contributed by atoms with Gasteiger partial charge in [-0.05, 0) is 90.6 Å². The van der Waals surface area contributed by atoms with Gasteiger partial charge in [-0.3, -0.25) is 4.90 Å². The summed E-state index contributed by atoms with van der Waals surface area (Å²) in [5.74, 6) is 1.96. The van der Waals surface area contributed by atoms with Crippen molar-refractivity contribution in [2.45, 2.75) is 79.1 Å². The number of piperidine rings is 2. The predicted octanol–water partition coefficient (Wildman–Crippen LogP) is 4.28. The second kappa shape index (κ2) is 24.9. The molecule has 1 N–H and O–H groups in total. The number of piperazine rings is 1. The van der Waals surface area contributed by atoms with Crippen LogP contribution in [0, 0.1) is 11.8 Å². The molecule has 3 aliphatic rings. The second-order valence-electron chi connectivity index (χ2n) is 10.6. The summed E-state index contributed by atoms with van der Waals surface area (Å²) in [4.78, 5) is 9.93. The molecule has 0 bridgehead atoms. The van der Waals surface area contributed by atoms with Gasteiger partial charge in [0.2, 0.25) is 0 Å². The van der Waals surface area contributed by atoms with Gasteiger partial charge >= 0.3 is 0 Å². The van der Waals surface area contributed by atoms with E-state index in [-0.39, 0.29) is 32.7 Å². The number of likely N-dealkylation sites (N-methyl/N-ethyl adjacent to an activating group) is 1. The molecule has 0 aliphatic carbocycles. The van der Waals surface area contributed by atoms with Crippen molar-refractivity contribution in [1.29, 1.82) is 0 Å². The van der Waals surface area contributed by atoms with Crippen LogP contribution in [0.2, 0.25) is 0 Å². The molecule has 3 aliphatic heterocycles. The SMILES string of the molecule is CC.CCCCN1CCC(CCC2CCN(CCO)CC2)CC1.CCOCCN1CCN(C)CC1.[Y]. The van der Waals surface area contributed by atoms with Crippen LogP contribution in [0.15, 0.2) is 0 Å². The van der Waals surface area contributed by atoms with Crippen molar-refractivity contribution in [3.05, 3.63) is 0 Å². The van der Waals surface area contributed by atoms with E-state index in [1.54, 1.807) is 0 Å². The van der Waals surface area contributed by atoms with E-state index in [0.29, 0.717) is 6.61 Å². The maximum Gasteiger partial charge on any atom is 0.0593 e. The molecule has 3 heterocycles. The molecule has 0 aromatic heterocycles. The Balaban J connectivity index is 0.000000699. The molecule has 0 unspecified atom stereocenters. The van der Waals surface area contributed by atoms with Crippen molar-refractivity contribution < 1.29 is 42.6 Å². The van der Waals surface area contributed by atoms with Crippen LogP contribution in [-0.2, 0) is 37.4 Å². The first kappa shape index (κ1) is 36.9. The summed E-state index contributed by atoms with van der Waals surface area (Å²) in [6.45, 7) is 23.6. The molecule has 3 fully saturated rings. The van der Waals surface area contributed by atoms with Gasteiger partial charge in [0.25, 0.3) is 0 Å². The zero-order valence-corrected chi connectivity index (χ0v) is 27.8. The molecule has 0 atom stereocenters. The largest absolute Gasteiger partial charge is 0.395 e. The number of aliphatic hydroxyl groups is 1. The van der Waals surface area contributed by atoms with E-state index in [9.17, 15) is 0 Å². The maximum absolute atomic E-state index is 8.99. The van der Waals surface area contributed by atoms with Gasteiger partial charge in [-0.15, -0.1) is 0 Å². The van der Waals surface area contributed by atoms with Crippen molar-refractivity contribution in [2.75, 3.05) is 98.9 Å². The number of aliphatic hydroxyl groups excluding tert-OH is 1. The summed E-state index contributed by atoms with van der Waals surface area (Å²) in [6, 6.07) is 0. The second-order valence-corrected chi connectivity index (χ2v) is 10.6. The number of ether oxygens (including phenoxy) is 1. The molecule has 0 aromatic carbocycles. The fraction of sp³-hybridized carbons (Fsp3) is 1.00. The first-order chi connectivity index (χ1) is 17.1. The molecule has 3 rings (SSSR count). The van der Waals surface area contributed by atoms with Gasteiger partial charge in [0, 0.05) is 78.6 Å². The topological polar surface area (TPSA) is 42.4 Å². The first-order valence-corrected chi connectivity index (χ1v) is 15.2. The van der Waals surface area contributed by atoms with E-state index in [0.717, 1.165) is 38.1 Å². The van der Waals surface area contributed by atoms with Gasteiger partial charge < -0.3 is 24.5 Å². The van der Waals surface area contributed by atoms with Crippen LogP contribution in [0.4, 0.5) is 0 Å². The summed E-state index contributed by atoms with van der Waals surface area (Å²) >= 11 is 0. The standard InChI is InChI=1S/C18H36N2O.C9H20N2O.C2H6.Y/c1-2-3-10-19-11-6-17(7-12-19)4-5-18-8-13-20(14-9-18)15-16-21;1-3-12-9-8-11-6-4-10(2)5-7-11;1-2;/h17-18,21H,2-16H2,1H3;3-9H2,1-2H3;1-2H3;. The molecule has 213 valence electrons. The molecule has 1 radical (unpaired) electrons. The van der Waals surface area contributed by atoms with Crippen molar-refractivity contribution in [3.63, 3.8) is 0 Å². The van der Waals surface area contributed by atoms with Crippen LogP contribution in [0.3, 0.4) is 0 Å². The fourth-order valence-electron chi connectivity index (χ4n) is 5.40. The number of nitrogens with zero attached hydrogens (tertiary/aromatic N) is 4. The Labute approximate surface area is 250 Å². The third kappa shape index (κ3) is 17.5. The summed E-state index contributed by atoms with van der Waals surface area (Å²) < 4.78 is 5.31. The van der Waals surface area contributed by atoms with Gasteiger partial charge in [-0.1, -0.05) is 40.0 Å². The number of unbranched alkanes of at least 4 members (excludes halogenated alkanes) is 1. The third-order valence-corrected chi connectivity index (χ3v) is 7.99. The van der Waals surface area contributed by atoms with Crippen LogP contribution >= 0.6 is 0 Å². The van der Waals surface area contributed by atoms with E-state index in [1.807, 2.05) is 20.8 Å². The average molecular weight is 588 g/mol. The summed E-state index contributed by atoms with van der Waals surface area (Å²) in [6.07, 6.45) is 11.2. The average Bonchev–Trinajstić information content (AvgIpc) is 2.91. The van der Waals surface area contributed by atoms with E-state index < -0.39 is 0 Å². The predicted molar refractivity (Wildman–Crippen MR) is 151 cm³/mol. The third-order valence-electron chi connectivity index (χ3n) is 7.99. The molecule has 0 amide bonds. The van der Waals surface area contributed by atoms with Gasteiger partial charge in [-0.2, -0.15) is 0 Å².